The van der Waals surface area contributed by atoms with Gasteiger partial charge in [-0.2, -0.15) is 0 Å². The van der Waals surface area contributed by atoms with E-state index >= 15 is 0 Å². The summed E-state index contributed by atoms with van der Waals surface area (Å²) in [7, 11) is 0. The fourth-order valence-electron chi connectivity index (χ4n) is 1.34. The molecular weight excluding hydrogens is 238 g/mol. The quantitative estimate of drug-likeness (QED) is 0.797. The van der Waals surface area contributed by atoms with E-state index in [2.05, 4.69) is 10.3 Å². The molecule has 1 rings (SSSR count). The van der Waals surface area contributed by atoms with Gasteiger partial charge in [-0.3, -0.25) is 9.69 Å². The second-order valence-corrected chi connectivity index (χ2v) is 4.69. The third-order valence-corrected chi connectivity index (χ3v) is 3.28. The van der Waals surface area contributed by atoms with Gasteiger partial charge in [0.2, 0.25) is 5.91 Å². The predicted octanol–water partition coefficient (Wildman–Crippen LogP) is 0.986. The van der Waals surface area contributed by atoms with Crippen LogP contribution in [0.3, 0.4) is 0 Å². The lowest BCUT2D eigenvalue weighted by molar-refractivity contribution is -0.116. The fraction of sp³-hybridized carbons (Fsp3) is 0.636. The lowest BCUT2D eigenvalue weighted by atomic mass is 10.3. The number of aliphatic hydroxyl groups excluding tert-OH is 1. The molecule has 0 aliphatic heterocycles. The van der Waals surface area contributed by atoms with Gasteiger partial charge in [-0.25, -0.2) is 4.98 Å². The average Bonchev–Trinajstić information content (AvgIpc) is 2.75. The lowest BCUT2D eigenvalue weighted by Gasteiger charge is -2.14. The summed E-state index contributed by atoms with van der Waals surface area (Å²) in [5.41, 5.74) is 0.894. The van der Waals surface area contributed by atoms with E-state index in [4.69, 9.17) is 5.11 Å². The molecule has 2 N–H and O–H groups in total. The fourth-order valence-corrected chi connectivity index (χ4v) is 2.27. The molecule has 0 fully saturated rings. The highest BCUT2D eigenvalue weighted by molar-refractivity contribution is 7.14. The standard InChI is InChI=1S/C11H19N3O2S/c1-4-14(9(3)16)11-13-10(7-17-11)5-12-8(2)6-15/h7-8,12,15H,4-6H2,1-3H3. The molecule has 1 heterocycles. The van der Waals surface area contributed by atoms with Gasteiger partial charge in [0.1, 0.15) is 0 Å². The molecule has 0 aliphatic carbocycles. The van der Waals surface area contributed by atoms with Gasteiger partial charge in [0, 0.05) is 31.4 Å². The van der Waals surface area contributed by atoms with E-state index in [1.807, 2.05) is 19.2 Å². The van der Waals surface area contributed by atoms with Crippen molar-refractivity contribution in [3.05, 3.63) is 11.1 Å². The van der Waals surface area contributed by atoms with Gasteiger partial charge in [0.05, 0.1) is 12.3 Å². The minimum atomic E-state index is 0.00471. The van der Waals surface area contributed by atoms with E-state index in [0.717, 1.165) is 10.8 Å². The van der Waals surface area contributed by atoms with Crippen molar-refractivity contribution in [2.75, 3.05) is 18.1 Å². The Morgan fingerprint density at radius 2 is 2.41 bits per heavy atom. The highest BCUT2D eigenvalue weighted by Crippen LogP contribution is 2.20. The molecular formula is C11H19N3O2S. The first-order valence-corrected chi connectivity index (χ1v) is 6.53. The Labute approximate surface area is 105 Å². The van der Waals surface area contributed by atoms with E-state index in [-0.39, 0.29) is 18.6 Å². The van der Waals surface area contributed by atoms with Crippen LogP contribution in [0, 0.1) is 0 Å². The van der Waals surface area contributed by atoms with E-state index < -0.39 is 0 Å². The molecule has 1 aromatic rings. The zero-order valence-corrected chi connectivity index (χ0v) is 11.3. The molecule has 17 heavy (non-hydrogen) atoms. The van der Waals surface area contributed by atoms with Crippen LogP contribution in [0.4, 0.5) is 5.13 Å². The second-order valence-electron chi connectivity index (χ2n) is 3.85. The number of hydrogen-bond acceptors (Lipinski definition) is 5. The third kappa shape index (κ3) is 4.07. The molecule has 0 saturated heterocycles. The highest BCUT2D eigenvalue weighted by Gasteiger charge is 2.13. The molecule has 0 spiro atoms. The van der Waals surface area contributed by atoms with Crippen molar-refractivity contribution in [1.29, 1.82) is 0 Å². The first-order chi connectivity index (χ1) is 8.08. The van der Waals surface area contributed by atoms with Crippen LogP contribution in [0.15, 0.2) is 5.38 Å². The van der Waals surface area contributed by atoms with Crippen molar-refractivity contribution in [3.8, 4) is 0 Å². The number of nitrogens with zero attached hydrogens (tertiary/aromatic N) is 2. The van der Waals surface area contributed by atoms with Gasteiger partial charge in [-0.15, -0.1) is 11.3 Å². The third-order valence-electron chi connectivity index (χ3n) is 2.37. The molecule has 1 atom stereocenters. The molecule has 96 valence electrons. The molecule has 5 nitrogen and oxygen atoms in total. The maximum Gasteiger partial charge on any atom is 0.225 e. The maximum absolute atomic E-state index is 11.3. The number of aliphatic hydroxyl groups is 1. The highest BCUT2D eigenvalue weighted by atomic mass is 32.1. The molecule has 6 heteroatoms. The van der Waals surface area contributed by atoms with Crippen molar-refractivity contribution in [3.63, 3.8) is 0 Å². The van der Waals surface area contributed by atoms with Crippen molar-refractivity contribution in [2.24, 2.45) is 0 Å². The van der Waals surface area contributed by atoms with Crippen LogP contribution in [0.1, 0.15) is 26.5 Å². The smallest absolute Gasteiger partial charge is 0.225 e. The number of aromatic nitrogens is 1. The summed E-state index contributed by atoms with van der Waals surface area (Å²) < 4.78 is 0. The molecule has 1 aromatic heterocycles. The normalized spacial score (nSPS) is 12.5. The Hall–Kier alpha value is -0.980. The van der Waals surface area contributed by atoms with E-state index in [1.54, 1.807) is 4.90 Å². The Balaban J connectivity index is 2.61. The van der Waals surface area contributed by atoms with Gasteiger partial charge in [-0.1, -0.05) is 0 Å². The maximum atomic E-state index is 11.3. The molecule has 1 unspecified atom stereocenters. The van der Waals surface area contributed by atoms with Crippen LogP contribution in [0.25, 0.3) is 0 Å². The van der Waals surface area contributed by atoms with Gasteiger partial charge in [0.15, 0.2) is 5.13 Å². The average molecular weight is 257 g/mol. The van der Waals surface area contributed by atoms with Gasteiger partial charge in [-0.05, 0) is 13.8 Å². The summed E-state index contributed by atoms with van der Waals surface area (Å²) in [5, 5.41) is 14.7. The minimum absolute atomic E-state index is 0.00471. The zero-order valence-electron chi connectivity index (χ0n) is 10.4. The van der Waals surface area contributed by atoms with Crippen LogP contribution in [-0.2, 0) is 11.3 Å². The lowest BCUT2D eigenvalue weighted by Crippen LogP contribution is -2.29. The van der Waals surface area contributed by atoms with E-state index in [9.17, 15) is 4.79 Å². The summed E-state index contributed by atoms with van der Waals surface area (Å²) in [6, 6.07) is 0.0511. The number of hydrogen-bond donors (Lipinski definition) is 2. The molecule has 0 aromatic carbocycles. The number of carbonyl (C=O) groups is 1. The summed E-state index contributed by atoms with van der Waals surface area (Å²) >= 11 is 1.46. The molecule has 0 bridgehead atoms. The van der Waals surface area contributed by atoms with Crippen molar-refractivity contribution >= 4 is 22.4 Å². The summed E-state index contributed by atoms with van der Waals surface area (Å²) in [4.78, 5) is 17.4. The Kier molecular flexibility index (Phi) is 5.54. The van der Waals surface area contributed by atoms with Crippen LogP contribution in [-0.4, -0.2) is 35.2 Å². The predicted molar refractivity (Wildman–Crippen MR) is 69.2 cm³/mol. The van der Waals surface area contributed by atoms with Gasteiger partial charge >= 0.3 is 0 Å². The van der Waals surface area contributed by atoms with Crippen molar-refractivity contribution in [1.82, 2.24) is 10.3 Å². The molecule has 0 saturated carbocycles. The first kappa shape index (κ1) is 14.1. The summed E-state index contributed by atoms with van der Waals surface area (Å²) in [5.74, 6) is 0.00471. The summed E-state index contributed by atoms with van der Waals surface area (Å²) in [6.45, 7) is 6.70. The number of nitrogens with one attached hydrogen (secondary N) is 1. The second kappa shape index (κ2) is 6.68. The van der Waals surface area contributed by atoms with Crippen LogP contribution < -0.4 is 10.2 Å². The van der Waals surface area contributed by atoms with Crippen LogP contribution in [0.2, 0.25) is 0 Å². The number of carbonyl (C=O) groups excluding carboxylic acids is 1. The first-order valence-electron chi connectivity index (χ1n) is 5.65. The Morgan fingerprint density at radius 1 is 1.71 bits per heavy atom. The van der Waals surface area contributed by atoms with Crippen molar-refractivity contribution < 1.29 is 9.90 Å². The molecule has 0 radical (unpaired) electrons. The van der Waals surface area contributed by atoms with Crippen molar-refractivity contribution in [2.45, 2.75) is 33.4 Å². The van der Waals surface area contributed by atoms with E-state index in [0.29, 0.717) is 13.1 Å². The van der Waals surface area contributed by atoms with Crippen LogP contribution >= 0.6 is 11.3 Å². The number of rotatable bonds is 6. The number of anilines is 1. The summed E-state index contributed by atoms with van der Waals surface area (Å²) in [6.07, 6.45) is 0. The van der Waals surface area contributed by atoms with Gasteiger partial charge in [0.25, 0.3) is 0 Å². The minimum Gasteiger partial charge on any atom is -0.395 e. The monoisotopic (exact) mass is 257 g/mol. The van der Waals surface area contributed by atoms with E-state index in [1.165, 1.54) is 18.3 Å². The zero-order chi connectivity index (χ0) is 12.8. The Morgan fingerprint density at radius 3 is 2.94 bits per heavy atom. The number of amides is 1. The SMILES string of the molecule is CCN(C(C)=O)c1nc(CNC(C)CO)cs1. The van der Waals surface area contributed by atoms with Crippen LogP contribution in [0.5, 0.6) is 0 Å². The molecule has 1 amide bonds. The largest absolute Gasteiger partial charge is 0.395 e. The topological polar surface area (TPSA) is 65.5 Å². The molecule has 0 aliphatic rings. The Bertz CT molecular complexity index is 367. The van der Waals surface area contributed by atoms with Gasteiger partial charge < -0.3 is 10.4 Å². The number of thiazole rings is 1.